The number of hydrogen-bond donors (Lipinski definition) is 5. The van der Waals surface area contributed by atoms with Crippen molar-refractivity contribution >= 4 is 31.3 Å². The number of rotatable bonds is 9. The number of nitrogen functional groups attached to an aromatic ring is 1. The minimum Gasteiger partial charge on any atom is -0.480 e. The molecule has 0 radical (unpaired) electrons. The monoisotopic (exact) mass is 486 g/mol. The van der Waals surface area contributed by atoms with E-state index >= 15 is 0 Å². The maximum Gasteiger partial charge on any atom is 0.459 e. The molecular weight excluding hydrogens is 463 g/mol. The Kier molecular flexibility index (Phi) is 7.59. The molecule has 1 saturated heterocycles. The molecule has 1 aromatic carbocycles. The molecule has 2 heterocycles. The van der Waals surface area contributed by atoms with Crippen LogP contribution in [0.3, 0.4) is 0 Å². The number of aromatic nitrogens is 2. The first-order chi connectivity index (χ1) is 15.1. The highest BCUT2D eigenvalue weighted by Gasteiger charge is 2.45. The number of aliphatic hydroxyl groups excluding tert-OH is 2. The van der Waals surface area contributed by atoms with Gasteiger partial charge in [-0.25, -0.2) is 9.36 Å². The third-order valence-corrected chi connectivity index (χ3v) is 7.76. The second-order valence-electron chi connectivity index (χ2n) is 6.98. The third kappa shape index (κ3) is 5.68. The minimum atomic E-state index is -4.19. The largest absolute Gasteiger partial charge is 0.480 e. The molecule has 0 saturated carbocycles. The van der Waals surface area contributed by atoms with Gasteiger partial charge >= 0.3 is 19.4 Å². The molecule has 1 aromatic heterocycles. The van der Waals surface area contributed by atoms with Crippen LogP contribution in [0, 0.1) is 0 Å². The summed E-state index contributed by atoms with van der Waals surface area (Å²) >= 11 is 1.01. The Hall–Kier alpha value is -2.41. The first-order valence-electron chi connectivity index (χ1n) is 9.46. The van der Waals surface area contributed by atoms with Crippen molar-refractivity contribution in [2.75, 3.05) is 12.3 Å². The number of benzene rings is 1. The van der Waals surface area contributed by atoms with E-state index < -0.39 is 48.3 Å². The first-order valence-corrected chi connectivity index (χ1v) is 11.9. The zero-order valence-corrected chi connectivity index (χ0v) is 18.6. The van der Waals surface area contributed by atoms with E-state index in [-0.39, 0.29) is 18.2 Å². The number of nitrogens with two attached hydrogens (primary N) is 1. The Balaban J connectivity index is 1.75. The smallest absolute Gasteiger partial charge is 0.459 e. The van der Waals surface area contributed by atoms with E-state index in [1.165, 1.54) is 31.3 Å². The first kappa shape index (κ1) is 24.2. The lowest BCUT2D eigenvalue weighted by atomic mass is 10.1. The van der Waals surface area contributed by atoms with E-state index in [2.05, 4.69) is 10.1 Å². The van der Waals surface area contributed by atoms with Gasteiger partial charge in [0.2, 0.25) is 0 Å². The number of carboxylic acids is 1. The predicted octanol–water partition coefficient (Wildman–Crippen LogP) is 0.428. The average molecular weight is 486 g/mol. The lowest BCUT2D eigenvalue weighted by molar-refractivity contribution is -0.138. The number of para-hydroxylation sites is 1. The summed E-state index contributed by atoms with van der Waals surface area (Å²) in [7, 11) is -4.19. The molecular formula is C18H23N4O8PS. The summed E-state index contributed by atoms with van der Waals surface area (Å²) in [4.78, 5) is 26.9. The highest BCUT2D eigenvalue weighted by atomic mass is 32.2. The van der Waals surface area contributed by atoms with Gasteiger partial charge in [0.15, 0.2) is 0 Å². The zero-order chi connectivity index (χ0) is 23.5. The van der Waals surface area contributed by atoms with Crippen LogP contribution in [-0.4, -0.2) is 60.9 Å². The molecule has 1 fully saturated rings. The Morgan fingerprint density at radius 2 is 2.00 bits per heavy atom. The predicted molar refractivity (Wildman–Crippen MR) is 116 cm³/mol. The van der Waals surface area contributed by atoms with E-state index in [0.29, 0.717) is 0 Å². The van der Waals surface area contributed by atoms with Gasteiger partial charge in [0.25, 0.3) is 0 Å². The lowest BCUT2D eigenvalue weighted by Crippen LogP contribution is -2.37. The number of aliphatic hydroxyl groups is 2. The summed E-state index contributed by atoms with van der Waals surface area (Å²) in [5.41, 5.74) is 4.78. The lowest BCUT2D eigenvalue weighted by Gasteiger charge is -2.24. The zero-order valence-electron chi connectivity index (χ0n) is 16.8. The Morgan fingerprint density at radius 1 is 1.31 bits per heavy atom. The van der Waals surface area contributed by atoms with Crippen molar-refractivity contribution in [2.45, 2.75) is 35.8 Å². The average Bonchev–Trinajstić information content (AvgIpc) is 3.01. The molecule has 32 heavy (non-hydrogen) atoms. The maximum atomic E-state index is 13.2. The summed E-state index contributed by atoms with van der Waals surface area (Å²) in [5.74, 6) is -1.08. The highest BCUT2D eigenvalue weighted by molar-refractivity contribution is 8.00. The van der Waals surface area contributed by atoms with E-state index in [9.17, 15) is 24.4 Å². The van der Waals surface area contributed by atoms with E-state index in [4.69, 9.17) is 19.9 Å². The standard InChI is InChI=1S/C18H23N4O8PS/c1-10(17(25)26)21-31(28,30-11-5-3-2-4-6-11)29-9-12-14(23)15(24)16(32-12)22-8-7-13(19)20-18(22)27/h2-8,10,12,14-16,23-24H,9H2,1H3,(H,21,28)(H,25,26)(H2,19,20,27)/t10?,12-,14-,15+,16-,31?/m1/s1. The fourth-order valence-electron chi connectivity index (χ4n) is 2.89. The van der Waals surface area contributed by atoms with Gasteiger partial charge in [-0.1, -0.05) is 18.2 Å². The molecule has 174 valence electrons. The van der Waals surface area contributed by atoms with Crippen molar-refractivity contribution in [1.29, 1.82) is 0 Å². The number of carboxylic acid groups (broad SMARTS) is 1. The van der Waals surface area contributed by atoms with Crippen molar-refractivity contribution in [3.63, 3.8) is 0 Å². The van der Waals surface area contributed by atoms with Crippen LogP contribution in [0.15, 0.2) is 47.4 Å². The number of nitrogens with one attached hydrogen (secondary N) is 1. The van der Waals surface area contributed by atoms with Crippen molar-refractivity contribution in [3.8, 4) is 5.75 Å². The Bertz CT molecular complexity index is 1050. The number of hydrogen-bond acceptors (Lipinski definition) is 10. The molecule has 0 bridgehead atoms. The quantitative estimate of drug-likeness (QED) is 0.308. The Morgan fingerprint density at radius 3 is 2.62 bits per heavy atom. The SMILES string of the molecule is CC(NP(=O)(OC[C@H]1S[C@@H](n2ccc(N)nc2=O)[C@@H](O)[C@@H]1O)Oc1ccccc1)C(=O)O. The Labute approximate surface area is 187 Å². The molecule has 1 aliphatic rings. The van der Waals surface area contributed by atoms with Crippen LogP contribution < -0.4 is 21.0 Å². The number of nitrogens with zero attached hydrogens (tertiary/aromatic N) is 2. The van der Waals surface area contributed by atoms with Crippen molar-refractivity contribution in [2.24, 2.45) is 0 Å². The van der Waals surface area contributed by atoms with Gasteiger partial charge in [-0.3, -0.25) is 13.9 Å². The molecule has 12 nitrogen and oxygen atoms in total. The van der Waals surface area contributed by atoms with Gasteiger partial charge in [0.05, 0.1) is 18.0 Å². The van der Waals surface area contributed by atoms with Crippen molar-refractivity contribution in [3.05, 3.63) is 53.1 Å². The molecule has 2 aromatic rings. The molecule has 0 aliphatic carbocycles. The summed E-state index contributed by atoms with van der Waals surface area (Å²) in [6, 6.07) is 8.14. The van der Waals surface area contributed by atoms with Gasteiger partial charge in [0, 0.05) is 6.20 Å². The van der Waals surface area contributed by atoms with Gasteiger partial charge in [-0.15, -0.1) is 11.8 Å². The van der Waals surface area contributed by atoms with E-state index in [1.807, 2.05) is 0 Å². The van der Waals surface area contributed by atoms with Crippen LogP contribution in [0.4, 0.5) is 5.82 Å². The molecule has 0 amide bonds. The number of anilines is 1. The van der Waals surface area contributed by atoms with Crippen LogP contribution in [0.2, 0.25) is 0 Å². The van der Waals surface area contributed by atoms with Crippen LogP contribution in [0.1, 0.15) is 12.3 Å². The molecule has 6 atom stereocenters. The molecule has 0 spiro atoms. The topological polar surface area (TPSA) is 186 Å². The van der Waals surface area contributed by atoms with E-state index in [1.54, 1.807) is 18.2 Å². The minimum absolute atomic E-state index is 0.0155. The molecule has 6 N–H and O–H groups in total. The fourth-order valence-corrected chi connectivity index (χ4v) is 5.95. The summed E-state index contributed by atoms with van der Waals surface area (Å²) in [5, 5.41) is 30.6. The van der Waals surface area contributed by atoms with Crippen LogP contribution in [0.5, 0.6) is 5.75 Å². The molecule has 14 heteroatoms. The molecule has 2 unspecified atom stereocenters. The normalized spacial score (nSPS) is 25.7. The van der Waals surface area contributed by atoms with Gasteiger partial charge in [-0.05, 0) is 25.1 Å². The van der Waals surface area contributed by atoms with Gasteiger partial charge in [-0.2, -0.15) is 10.1 Å². The number of carbonyl (C=O) groups is 1. The third-order valence-electron chi connectivity index (χ3n) is 4.56. The van der Waals surface area contributed by atoms with Crippen LogP contribution >= 0.6 is 19.5 Å². The second-order valence-corrected chi connectivity index (χ2v) is 10.0. The number of aliphatic carboxylic acids is 1. The van der Waals surface area contributed by atoms with Gasteiger partial charge in [0.1, 0.15) is 29.1 Å². The molecule has 1 aliphatic heterocycles. The second kappa shape index (κ2) is 10.0. The van der Waals surface area contributed by atoms with Crippen LogP contribution in [0.25, 0.3) is 0 Å². The van der Waals surface area contributed by atoms with E-state index in [0.717, 1.165) is 16.3 Å². The van der Waals surface area contributed by atoms with Crippen LogP contribution in [-0.2, 0) is 13.9 Å². The fraction of sp³-hybridized carbons (Fsp3) is 0.389. The summed E-state index contributed by atoms with van der Waals surface area (Å²) in [6.45, 7) is 0.895. The summed E-state index contributed by atoms with van der Waals surface area (Å²) < 4.78 is 25.2. The number of thioether (sulfide) groups is 1. The van der Waals surface area contributed by atoms with Crippen molar-refractivity contribution < 1.29 is 33.7 Å². The van der Waals surface area contributed by atoms with Crippen molar-refractivity contribution in [1.82, 2.24) is 14.6 Å². The highest BCUT2D eigenvalue weighted by Crippen LogP contribution is 2.48. The molecule has 3 rings (SSSR count). The van der Waals surface area contributed by atoms with Gasteiger partial charge < -0.3 is 25.6 Å². The summed E-state index contributed by atoms with van der Waals surface area (Å²) in [6.07, 6.45) is -1.34. The maximum absolute atomic E-state index is 13.2.